The molecule has 0 aliphatic carbocycles. The lowest BCUT2D eigenvalue weighted by molar-refractivity contribution is -0.145. The van der Waals surface area contributed by atoms with Crippen molar-refractivity contribution >= 4 is 27.6 Å². The number of carbonyl (C=O) groups excluding carboxylic acids is 1. The highest BCUT2D eigenvalue weighted by molar-refractivity contribution is 7.89. The standard InChI is InChI=1S/C10H12ClNO4S/c1-7(13)16-9(6-11)8-4-2-3-5-10(8)17(12,14)15/h2-5,9H,6H2,1H3,(H2,12,14,15). The first kappa shape index (κ1) is 14.0. The van der Waals surface area contributed by atoms with Crippen molar-refractivity contribution in [2.75, 3.05) is 5.88 Å². The Labute approximate surface area is 105 Å². The van der Waals surface area contributed by atoms with E-state index >= 15 is 0 Å². The highest BCUT2D eigenvalue weighted by Crippen LogP contribution is 2.25. The molecule has 2 N–H and O–H groups in total. The number of rotatable bonds is 4. The van der Waals surface area contributed by atoms with E-state index in [1.807, 2.05) is 0 Å². The Morgan fingerprint density at radius 1 is 1.47 bits per heavy atom. The Kier molecular flexibility index (Phi) is 4.50. The topological polar surface area (TPSA) is 86.5 Å². The largest absolute Gasteiger partial charge is 0.456 e. The van der Waals surface area contributed by atoms with Gasteiger partial charge in [0.15, 0.2) is 0 Å². The number of benzene rings is 1. The minimum absolute atomic E-state index is 0.0495. The van der Waals surface area contributed by atoms with Gasteiger partial charge in [0.1, 0.15) is 6.10 Å². The van der Waals surface area contributed by atoms with Crippen LogP contribution in [0.3, 0.4) is 0 Å². The molecule has 1 unspecified atom stereocenters. The van der Waals surface area contributed by atoms with Crippen LogP contribution < -0.4 is 5.14 Å². The molecule has 0 bridgehead atoms. The molecule has 94 valence electrons. The summed E-state index contributed by atoms with van der Waals surface area (Å²) in [5.41, 5.74) is 0.278. The number of halogens is 1. The van der Waals surface area contributed by atoms with E-state index in [1.54, 1.807) is 6.07 Å². The lowest BCUT2D eigenvalue weighted by atomic mass is 10.1. The molecular formula is C10H12ClNO4S. The number of primary sulfonamides is 1. The van der Waals surface area contributed by atoms with Gasteiger partial charge in [0.2, 0.25) is 10.0 Å². The van der Waals surface area contributed by atoms with Crippen molar-refractivity contribution in [3.05, 3.63) is 29.8 Å². The van der Waals surface area contributed by atoms with Gasteiger partial charge in [0, 0.05) is 12.5 Å². The maximum Gasteiger partial charge on any atom is 0.303 e. The van der Waals surface area contributed by atoms with Crippen LogP contribution in [0.1, 0.15) is 18.6 Å². The van der Waals surface area contributed by atoms with Crippen LogP contribution in [-0.2, 0) is 19.6 Å². The van der Waals surface area contributed by atoms with Gasteiger partial charge in [0.25, 0.3) is 0 Å². The van der Waals surface area contributed by atoms with Crippen LogP contribution in [0, 0.1) is 0 Å². The Bertz CT molecular complexity index is 515. The van der Waals surface area contributed by atoms with Crippen molar-refractivity contribution < 1.29 is 17.9 Å². The predicted molar refractivity (Wildman–Crippen MR) is 63.0 cm³/mol. The Morgan fingerprint density at radius 3 is 2.53 bits per heavy atom. The molecule has 0 fully saturated rings. The van der Waals surface area contributed by atoms with E-state index in [0.29, 0.717) is 0 Å². The average molecular weight is 278 g/mol. The summed E-state index contributed by atoms with van der Waals surface area (Å²) in [6.07, 6.45) is -0.830. The Balaban J connectivity index is 3.24. The molecule has 17 heavy (non-hydrogen) atoms. The molecule has 0 spiro atoms. The van der Waals surface area contributed by atoms with Gasteiger partial charge in [-0.2, -0.15) is 0 Å². The summed E-state index contributed by atoms with van der Waals surface area (Å²) in [6, 6.07) is 6.00. The molecule has 1 rings (SSSR count). The second-order valence-corrected chi connectivity index (χ2v) is 5.17. The fraction of sp³-hybridized carbons (Fsp3) is 0.300. The SMILES string of the molecule is CC(=O)OC(CCl)c1ccccc1S(N)(=O)=O. The van der Waals surface area contributed by atoms with E-state index in [0.717, 1.165) is 0 Å². The highest BCUT2D eigenvalue weighted by atomic mass is 35.5. The first-order valence-corrected chi connectivity index (χ1v) is 6.79. The smallest absolute Gasteiger partial charge is 0.303 e. The van der Waals surface area contributed by atoms with E-state index in [-0.39, 0.29) is 16.3 Å². The van der Waals surface area contributed by atoms with E-state index in [1.165, 1.54) is 25.1 Å². The van der Waals surface area contributed by atoms with E-state index in [9.17, 15) is 13.2 Å². The maximum atomic E-state index is 11.4. The summed E-state index contributed by atoms with van der Waals surface area (Å²) in [5, 5.41) is 5.07. The Morgan fingerprint density at radius 2 is 2.06 bits per heavy atom. The minimum atomic E-state index is -3.87. The van der Waals surface area contributed by atoms with Gasteiger partial charge in [-0.05, 0) is 6.07 Å². The van der Waals surface area contributed by atoms with Gasteiger partial charge in [-0.15, -0.1) is 11.6 Å². The molecule has 0 aromatic heterocycles. The highest BCUT2D eigenvalue weighted by Gasteiger charge is 2.22. The number of hydrogen-bond acceptors (Lipinski definition) is 4. The third kappa shape index (κ3) is 3.69. The van der Waals surface area contributed by atoms with Crippen molar-refractivity contribution in [2.45, 2.75) is 17.9 Å². The molecule has 0 heterocycles. The van der Waals surface area contributed by atoms with E-state index in [4.69, 9.17) is 21.5 Å². The summed E-state index contributed by atoms with van der Waals surface area (Å²) in [7, 11) is -3.87. The van der Waals surface area contributed by atoms with Crippen molar-refractivity contribution in [3.8, 4) is 0 Å². The van der Waals surface area contributed by atoms with Gasteiger partial charge in [-0.25, -0.2) is 13.6 Å². The molecule has 0 radical (unpaired) electrons. The predicted octanol–water partition coefficient (Wildman–Crippen LogP) is 1.18. The molecule has 0 amide bonds. The number of nitrogens with two attached hydrogens (primary N) is 1. The number of hydrogen-bond donors (Lipinski definition) is 1. The van der Waals surface area contributed by atoms with Crippen LogP contribution in [0.5, 0.6) is 0 Å². The second-order valence-electron chi connectivity index (χ2n) is 3.34. The Hall–Kier alpha value is -1.11. The molecule has 0 aliphatic rings. The third-order valence-electron chi connectivity index (χ3n) is 2.02. The van der Waals surface area contributed by atoms with Crippen molar-refractivity contribution in [2.24, 2.45) is 5.14 Å². The number of carbonyl (C=O) groups is 1. The van der Waals surface area contributed by atoms with Crippen LogP contribution in [0.25, 0.3) is 0 Å². The lowest BCUT2D eigenvalue weighted by Gasteiger charge is -2.17. The molecule has 0 saturated carbocycles. The molecule has 1 aromatic rings. The van der Waals surface area contributed by atoms with Crippen molar-refractivity contribution in [1.82, 2.24) is 0 Å². The average Bonchev–Trinajstić information content (AvgIpc) is 2.24. The summed E-state index contributed by atoms with van der Waals surface area (Å²) in [6.45, 7) is 1.22. The summed E-state index contributed by atoms with van der Waals surface area (Å²) in [4.78, 5) is 10.8. The fourth-order valence-corrected chi connectivity index (χ4v) is 2.41. The number of esters is 1. The third-order valence-corrected chi connectivity index (χ3v) is 3.29. The van der Waals surface area contributed by atoms with Gasteiger partial charge < -0.3 is 4.74 Å². The van der Waals surface area contributed by atoms with Crippen LogP contribution in [0.4, 0.5) is 0 Å². The summed E-state index contributed by atoms with van der Waals surface area (Å²) >= 11 is 5.66. The summed E-state index contributed by atoms with van der Waals surface area (Å²) in [5.74, 6) is -0.591. The molecule has 7 heteroatoms. The fourth-order valence-electron chi connectivity index (χ4n) is 1.38. The molecule has 1 atom stereocenters. The summed E-state index contributed by atoms with van der Waals surface area (Å²) < 4.78 is 27.6. The van der Waals surface area contributed by atoms with Crippen LogP contribution in [0.2, 0.25) is 0 Å². The zero-order valence-corrected chi connectivity index (χ0v) is 10.7. The molecule has 0 aliphatic heterocycles. The van der Waals surface area contributed by atoms with E-state index < -0.39 is 22.1 Å². The molecular weight excluding hydrogens is 266 g/mol. The molecule has 0 saturated heterocycles. The number of sulfonamides is 1. The van der Waals surface area contributed by atoms with Gasteiger partial charge in [-0.3, -0.25) is 4.79 Å². The minimum Gasteiger partial charge on any atom is -0.456 e. The second kappa shape index (κ2) is 5.48. The van der Waals surface area contributed by atoms with Crippen molar-refractivity contribution in [3.63, 3.8) is 0 Å². The van der Waals surface area contributed by atoms with Crippen LogP contribution in [0.15, 0.2) is 29.2 Å². The zero-order chi connectivity index (χ0) is 13.1. The maximum absolute atomic E-state index is 11.4. The van der Waals surface area contributed by atoms with Crippen LogP contribution in [-0.4, -0.2) is 20.3 Å². The number of ether oxygens (including phenoxy) is 1. The zero-order valence-electron chi connectivity index (χ0n) is 9.09. The van der Waals surface area contributed by atoms with E-state index in [2.05, 4.69) is 0 Å². The molecule has 1 aromatic carbocycles. The normalized spacial score (nSPS) is 13.1. The van der Waals surface area contributed by atoms with Gasteiger partial charge in [-0.1, -0.05) is 18.2 Å². The first-order chi connectivity index (χ1) is 7.86. The van der Waals surface area contributed by atoms with Crippen molar-refractivity contribution in [1.29, 1.82) is 0 Å². The quantitative estimate of drug-likeness (QED) is 0.661. The lowest BCUT2D eigenvalue weighted by Crippen LogP contribution is -2.18. The van der Waals surface area contributed by atoms with Gasteiger partial charge >= 0.3 is 5.97 Å². The monoisotopic (exact) mass is 277 g/mol. The van der Waals surface area contributed by atoms with Crippen LogP contribution >= 0.6 is 11.6 Å². The number of alkyl halides is 1. The first-order valence-electron chi connectivity index (χ1n) is 4.71. The molecule has 5 nitrogen and oxygen atoms in total. The van der Waals surface area contributed by atoms with Gasteiger partial charge in [0.05, 0.1) is 10.8 Å².